The zero-order chi connectivity index (χ0) is 18.0. The van der Waals surface area contributed by atoms with Crippen LogP contribution >= 0.6 is 11.8 Å². The average molecular weight is 355 g/mol. The molecule has 1 aromatic carbocycles. The van der Waals surface area contributed by atoms with E-state index in [1.807, 2.05) is 67.0 Å². The second-order valence-electron chi connectivity index (χ2n) is 5.86. The minimum Gasteiger partial charge on any atom is -0.480 e. The van der Waals surface area contributed by atoms with Gasteiger partial charge in [-0.1, -0.05) is 43.8 Å². The Balaban J connectivity index is 2.03. The first-order chi connectivity index (χ1) is 12.0. The number of benzene rings is 1. The van der Waals surface area contributed by atoms with Crippen LogP contribution in [0.3, 0.4) is 0 Å². The summed E-state index contributed by atoms with van der Waals surface area (Å²) in [6.45, 7) is 3.56. The predicted octanol–water partition coefficient (Wildman–Crippen LogP) is 3.03. The van der Waals surface area contributed by atoms with Crippen molar-refractivity contribution in [2.45, 2.75) is 23.6 Å². The van der Waals surface area contributed by atoms with Gasteiger partial charge in [-0.3, -0.25) is 9.36 Å². The number of carboxylic acids is 1. The molecule has 0 atom stereocenters. The van der Waals surface area contributed by atoms with Crippen molar-refractivity contribution in [3.05, 3.63) is 48.3 Å². The van der Waals surface area contributed by atoms with Crippen molar-refractivity contribution in [3.8, 4) is 0 Å². The molecule has 7 heteroatoms. The predicted molar refractivity (Wildman–Crippen MR) is 96.1 cm³/mol. The lowest BCUT2D eigenvalue weighted by atomic mass is 10.1. The van der Waals surface area contributed by atoms with Gasteiger partial charge in [-0.15, -0.1) is 0 Å². The summed E-state index contributed by atoms with van der Waals surface area (Å²) in [6, 6.07) is 11.8. The van der Waals surface area contributed by atoms with E-state index >= 15 is 0 Å². The normalized spacial score (nSPS) is 13.5. The Morgan fingerprint density at radius 2 is 2.00 bits per heavy atom. The highest BCUT2D eigenvalue weighted by Gasteiger charge is 2.28. The number of aliphatic carboxylic acids is 1. The molecule has 0 radical (unpaired) electrons. The Kier molecular flexibility index (Phi) is 4.79. The van der Waals surface area contributed by atoms with Gasteiger partial charge in [0.15, 0.2) is 11.6 Å². The van der Waals surface area contributed by atoms with Crippen molar-refractivity contribution in [1.82, 2.24) is 9.58 Å². The number of carbonyl (C=O) groups is 1. The summed E-state index contributed by atoms with van der Waals surface area (Å²) < 4.78 is 1.84. The third-order valence-electron chi connectivity index (χ3n) is 3.64. The van der Waals surface area contributed by atoms with Gasteiger partial charge >= 0.3 is 5.97 Å². The number of hydrogen-bond donors (Lipinski definition) is 1. The highest BCUT2D eigenvalue weighted by molar-refractivity contribution is 7.99. The monoisotopic (exact) mass is 355 g/mol. The molecule has 3 rings (SSSR count). The number of hydrazone groups is 1. The fourth-order valence-electron chi connectivity index (χ4n) is 2.59. The van der Waals surface area contributed by atoms with Gasteiger partial charge in [0.25, 0.3) is 0 Å². The van der Waals surface area contributed by atoms with E-state index in [2.05, 4.69) is 5.10 Å². The number of carbonyl (C=O) groups excluding carboxylic acids is 1. The Hall–Kier alpha value is -2.76. The maximum atomic E-state index is 11.5. The second kappa shape index (κ2) is 7.01. The van der Waals surface area contributed by atoms with Crippen LogP contribution in [0.25, 0.3) is 5.70 Å². The minimum atomic E-state index is -1.06. The van der Waals surface area contributed by atoms with Gasteiger partial charge in [0, 0.05) is 21.9 Å². The lowest BCUT2D eigenvalue weighted by molar-refractivity contribution is -0.137. The highest BCUT2D eigenvalue weighted by atomic mass is 32.2. The van der Waals surface area contributed by atoms with Crippen LogP contribution in [-0.4, -0.2) is 39.0 Å². The van der Waals surface area contributed by atoms with E-state index in [1.165, 1.54) is 5.01 Å². The summed E-state index contributed by atoms with van der Waals surface area (Å²) in [5.74, 6) is 1.54. The molecule has 128 valence electrons. The van der Waals surface area contributed by atoms with Crippen LogP contribution in [0, 0.1) is 5.92 Å². The summed E-state index contributed by atoms with van der Waals surface area (Å²) in [5, 5.41) is 14.7. The maximum absolute atomic E-state index is 11.5. The molecule has 1 aliphatic heterocycles. The van der Waals surface area contributed by atoms with Gasteiger partial charge in [-0.05, 0) is 18.2 Å². The van der Waals surface area contributed by atoms with E-state index in [1.54, 1.807) is 11.8 Å². The van der Waals surface area contributed by atoms with E-state index in [-0.39, 0.29) is 18.2 Å². The SMILES string of the molecule is CC(C)C1=NN(CC(=O)O)C(=C=O)c2cc(Sc3ccccc3)cn21. The Morgan fingerprint density at radius 1 is 1.28 bits per heavy atom. The molecule has 0 unspecified atom stereocenters. The average Bonchev–Trinajstić information content (AvgIpc) is 2.97. The van der Waals surface area contributed by atoms with Crippen LogP contribution in [-0.2, 0) is 9.59 Å². The summed E-state index contributed by atoms with van der Waals surface area (Å²) in [6.07, 6.45) is 1.92. The number of carboxylic acid groups (broad SMARTS) is 1. The lowest BCUT2D eigenvalue weighted by Gasteiger charge is -2.27. The molecule has 0 spiro atoms. The molecule has 0 bridgehead atoms. The van der Waals surface area contributed by atoms with E-state index in [0.717, 1.165) is 9.79 Å². The summed E-state index contributed by atoms with van der Waals surface area (Å²) in [5.41, 5.74) is 0.736. The smallest absolute Gasteiger partial charge is 0.325 e. The van der Waals surface area contributed by atoms with Crippen LogP contribution in [0.2, 0.25) is 0 Å². The molecule has 0 fully saturated rings. The molecule has 0 saturated heterocycles. The third kappa shape index (κ3) is 3.52. The first-order valence-corrected chi connectivity index (χ1v) is 8.60. The molecule has 6 nitrogen and oxygen atoms in total. The van der Waals surface area contributed by atoms with Crippen molar-refractivity contribution in [2.24, 2.45) is 11.0 Å². The maximum Gasteiger partial charge on any atom is 0.325 e. The van der Waals surface area contributed by atoms with Gasteiger partial charge in [-0.25, -0.2) is 9.80 Å². The molecule has 0 aliphatic carbocycles. The number of fused-ring (bicyclic) bond motifs is 1. The Bertz CT molecular complexity index is 880. The van der Waals surface area contributed by atoms with Crippen LogP contribution < -0.4 is 0 Å². The van der Waals surface area contributed by atoms with Crippen molar-refractivity contribution < 1.29 is 14.7 Å². The zero-order valence-corrected chi connectivity index (χ0v) is 14.7. The van der Waals surface area contributed by atoms with Crippen molar-refractivity contribution >= 4 is 35.2 Å². The minimum absolute atomic E-state index is 0.0604. The van der Waals surface area contributed by atoms with Gasteiger partial charge in [0.05, 0.1) is 5.69 Å². The standard InChI is InChI=1S/C18H17N3O3S/c1-12(2)18-19-21(10-17(23)24)16(11-22)15-8-14(9-20(15)18)25-13-6-4-3-5-7-13/h3-9,12H,10H2,1-2H3,(H,23,24). The largest absolute Gasteiger partial charge is 0.480 e. The number of aromatic nitrogens is 1. The third-order valence-corrected chi connectivity index (χ3v) is 4.61. The Morgan fingerprint density at radius 3 is 2.60 bits per heavy atom. The molecular formula is C18H17N3O3S. The second-order valence-corrected chi connectivity index (χ2v) is 7.01. The number of hydrogen-bond acceptors (Lipinski definition) is 5. The van der Waals surface area contributed by atoms with Gasteiger partial charge in [0.2, 0.25) is 0 Å². The molecular weight excluding hydrogens is 338 g/mol. The van der Waals surface area contributed by atoms with E-state index in [4.69, 9.17) is 5.11 Å². The highest BCUT2D eigenvalue weighted by Crippen LogP contribution is 2.34. The molecule has 2 aromatic rings. The van der Waals surface area contributed by atoms with Crippen molar-refractivity contribution in [2.75, 3.05) is 6.54 Å². The summed E-state index contributed by atoms with van der Waals surface area (Å²) in [7, 11) is 0. The van der Waals surface area contributed by atoms with E-state index in [0.29, 0.717) is 11.5 Å². The fraction of sp³-hybridized carbons (Fsp3) is 0.222. The van der Waals surface area contributed by atoms with E-state index in [9.17, 15) is 9.59 Å². The first-order valence-electron chi connectivity index (χ1n) is 7.78. The molecule has 2 heterocycles. The number of nitrogens with zero attached hydrogens (tertiary/aromatic N) is 3. The Labute approximate surface area is 149 Å². The first kappa shape index (κ1) is 17.1. The van der Waals surface area contributed by atoms with Crippen LogP contribution in [0.4, 0.5) is 0 Å². The summed E-state index contributed by atoms with van der Waals surface area (Å²) >= 11 is 1.57. The van der Waals surface area contributed by atoms with Crippen LogP contribution in [0.15, 0.2) is 57.5 Å². The van der Waals surface area contributed by atoms with Crippen LogP contribution in [0.5, 0.6) is 0 Å². The molecule has 1 aromatic heterocycles. The van der Waals surface area contributed by atoms with Crippen LogP contribution in [0.1, 0.15) is 19.5 Å². The van der Waals surface area contributed by atoms with Gasteiger partial charge < -0.3 is 5.11 Å². The molecule has 0 saturated carbocycles. The van der Waals surface area contributed by atoms with Crippen molar-refractivity contribution in [1.29, 1.82) is 0 Å². The number of rotatable bonds is 5. The van der Waals surface area contributed by atoms with Crippen molar-refractivity contribution in [3.63, 3.8) is 0 Å². The van der Waals surface area contributed by atoms with Gasteiger partial charge in [0.1, 0.15) is 12.4 Å². The molecule has 0 amide bonds. The topological polar surface area (TPSA) is 74.9 Å². The zero-order valence-electron chi connectivity index (χ0n) is 13.8. The lowest BCUT2D eigenvalue weighted by Crippen LogP contribution is -2.34. The molecule has 25 heavy (non-hydrogen) atoms. The molecule has 1 aliphatic rings. The molecule has 1 N–H and O–H groups in total. The summed E-state index contributed by atoms with van der Waals surface area (Å²) in [4.78, 5) is 24.6. The quantitative estimate of drug-likeness (QED) is 0.835. The van der Waals surface area contributed by atoms with E-state index < -0.39 is 5.97 Å². The van der Waals surface area contributed by atoms with Gasteiger partial charge in [-0.2, -0.15) is 5.10 Å². The fourth-order valence-corrected chi connectivity index (χ4v) is 3.48.